The fourth-order valence-corrected chi connectivity index (χ4v) is 1.88. The highest BCUT2D eigenvalue weighted by Crippen LogP contribution is 2.18. The van der Waals surface area contributed by atoms with Crippen molar-refractivity contribution < 1.29 is 0 Å². The van der Waals surface area contributed by atoms with Gasteiger partial charge in [0, 0.05) is 24.3 Å². The van der Waals surface area contributed by atoms with E-state index in [1.807, 2.05) is 12.1 Å². The molecular formula is C10H8N4S. The van der Waals surface area contributed by atoms with Crippen molar-refractivity contribution in [3.8, 4) is 6.07 Å². The number of H-pyrrole nitrogens is 1. The maximum Gasteiger partial charge on any atom is 0.165 e. The van der Waals surface area contributed by atoms with Crippen molar-refractivity contribution in [2.45, 2.75) is 10.9 Å². The molecule has 2 heterocycles. The van der Waals surface area contributed by atoms with E-state index in [1.165, 1.54) is 0 Å². The first-order valence-electron chi connectivity index (χ1n) is 4.35. The van der Waals surface area contributed by atoms with Crippen LogP contribution in [0.1, 0.15) is 11.3 Å². The Morgan fingerprint density at radius 1 is 1.40 bits per heavy atom. The molecule has 0 bridgehead atoms. The Hall–Kier alpha value is -1.80. The third-order valence-corrected chi connectivity index (χ3v) is 2.76. The molecule has 0 saturated heterocycles. The molecule has 0 amide bonds. The molecule has 0 unspecified atom stereocenters. The summed E-state index contributed by atoms with van der Waals surface area (Å²) in [5.74, 6) is 0.782. The molecule has 4 nitrogen and oxygen atoms in total. The van der Waals surface area contributed by atoms with Gasteiger partial charge in [0.1, 0.15) is 11.8 Å². The number of hydrogen-bond acceptors (Lipinski definition) is 4. The first-order valence-corrected chi connectivity index (χ1v) is 5.34. The SMILES string of the molecule is N#Cc1cc(CSc2ncc[nH]2)ccn1. The molecule has 0 atom stereocenters. The van der Waals surface area contributed by atoms with Crippen molar-refractivity contribution in [3.63, 3.8) is 0 Å². The van der Waals surface area contributed by atoms with Crippen LogP contribution in [0.5, 0.6) is 0 Å². The topological polar surface area (TPSA) is 65.4 Å². The van der Waals surface area contributed by atoms with Gasteiger partial charge in [0.05, 0.1) is 0 Å². The molecule has 0 aliphatic carbocycles. The summed E-state index contributed by atoms with van der Waals surface area (Å²) >= 11 is 1.60. The first-order chi connectivity index (χ1) is 7.38. The minimum Gasteiger partial charge on any atom is -0.340 e. The highest BCUT2D eigenvalue weighted by molar-refractivity contribution is 7.98. The zero-order valence-electron chi connectivity index (χ0n) is 7.84. The Kier molecular flexibility index (Phi) is 3.00. The monoisotopic (exact) mass is 216 g/mol. The summed E-state index contributed by atoms with van der Waals surface area (Å²) in [4.78, 5) is 11.0. The summed E-state index contributed by atoms with van der Waals surface area (Å²) < 4.78 is 0. The molecule has 0 fully saturated rings. The van der Waals surface area contributed by atoms with Crippen LogP contribution in [-0.4, -0.2) is 15.0 Å². The molecule has 2 aromatic rings. The van der Waals surface area contributed by atoms with E-state index in [9.17, 15) is 0 Å². The summed E-state index contributed by atoms with van der Waals surface area (Å²) in [6, 6.07) is 5.70. The van der Waals surface area contributed by atoms with Gasteiger partial charge in [-0.05, 0) is 17.7 Å². The summed E-state index contributed by atoms with van der Waals surface area (Å²) in [5, 5.41) is 9.56. The van der Waals surface area contributed by atoms with Crippen LogP contribution >= 0.6 is 11.8 Å². The second-order valence-electron chi connectivity index (χ2n) is 2.84. The number of hydrogen-bond donors (Lipinski definition) is 1. The van der Waals surface area contributed by atoms with Crippen molar-refractivity contribution in [3.05, 3.63) is 42.0 Å². The lowest BCUT2D eigenvalue weighted by Gasteiger charge is -1.98. The van der Waals surface area contributed by atoms with Crippen LogP contribution < -0.4 is 0 Å². The smallest absolute Gasteiger partial charge is 0.165 e. The number of nitrogens with zero attached hydrogens (tertiary/aromatic N) is 3. The predicted molar refractivity (Wildman–Crippen MR) is 57.1 cm³/mol. The molecule has 0 radical (unpaired) electrons. The first kappa shape index (κ1) is 9.74. The Bertz CT molecular complexity index is 472. The van der Waals surface area contributed by atoms with Crippen molar-refractivity contribution >= 4 is 11.8 Å². The molecule has 2 rings (SSSR count). The van der Waals surface area contributed by atoms with Gasteiger partial charge in [-0.25, -0.2) is 9.97 Å². The van der Waals surface area contributed by atoms with E-state index in [0.29, 0.717) is 5.69 Å². The van der Waals surface area contributed by atoms with Gasteiger partial charge in [-0.3, -0.25) is 0 Å². The van der Waals surface area contributed by atoms with Gasteiger partial charge < -0.3 is 4.98 Å². The third-order valence-electron chi connectivity index (χ3n) is 1.79. The van der Waals surface area contributed by atoms with Gasteiger partial charge in [0.15, 0.2) is 5.16 Å². The minimum absolute atomic E-state index is 0.451. The Balaban J connectivity index is 2.02. The molecule has 1 N–H and O–H groups in total. The van der Waals surface area contributed by atoms with E-state index in [4.69, 9.17) is 5.26 Å². The fraction of sp³-hybridized carbons (Fsp3) is 0.100. The zero-order valence-corrected chi connectivity index (χ0v) is 8.66. The Morgan fingerprint density at radius 2 is 2.33 bits per heavy atom. The van der Waals surface area contributed by atoms with Crippen LogP contribution in [0.2, 0.25) is 0 Å². The number of imidazole rings is 1. The van der Waals surface area contributed by atoms with E-state index in [1.54, 1.807) is 36.4 Å². The maximum atomic E-state index is 8.68. The maximum absolute atomic E-state index is 8.68. The number of nitriles is 1. The molecule has 0 aliphatic rings. The van der Waals surface area contributed by atoms with Crippen LogP contribution in [0.15, 0.2) is 35.9 Å². The Morgan fingerprint density at radius 3 is 3.07 bits per heavy atom. The number of thioether (sulfide) groups is 1. The summed E-state index contributed by atoms with van der Waals surface area (Å²) in [5.41, 5.74) is 1.52. The second kappa shape index (κ2) is 4.62. The average Bonchev–Trinajstić information content (AvgIpc) is 2.79. The number of pyridine rings is 1. The molecule has 0 saturated carbocycles. The van der Waals surface area contributed by atoms with E-state index in [-0.39, 0.29) is 0 Å². The fourth-order valence-electron chi connectivity index (χ4n) is 1.11. The molecule has 5 heteroatoms. The molecule has 0 spiro atoms. The van der Waals surface area contributed by atoms with Crippen molar-refractivity contribution in [1.29, 1.82) is 5.26 Å². The number of aromatic nitrogens is 3. The van der Waals surface area contributed by atoms with Crippen molar-refractivity contribution in [2.24, 2.45) is 0 Å². The number of aromatic amines is 1. The van der Waals surface area contributed by atoms with Gasteiger partial charge >= 0.3 is 0 Å². The largest absolute Gasteiger partial charge is 0.340 e. The van der Waals surface area contributed by atoms with Crippen LogP contribution in [0, 0.1) is 11.3 Å². The lowest BCUT2D eigenvalue weighted by atomic mass is 10.2. The summed E-state index contributed by atoms with van der Waals surface area (Å²) in [6.45, 7) is 0. The third kappa shape index (κ3) is 2.58. The highest BCUT2D eigenvalue weighted by atomic mass is 32.2. The normalized spacial score (nSPS) is 9.80. The van der Waals surface area contributed by atoms with E-state index < -0.39 is 0 Å². The molecule has 0 aromatic carbocycles. The van der Waals surface area contributed by atoms with Crippen LogP contribution in [0.25, 0.3) is 0 Å². The zero-order chi connectivity index (χ0) is 10.5. The van der Waals surface area contributed by atoms with Crippen LogP contribution in [-0.2, 0) is 5.75 Å². The van der Waals surface area contributed by atoms with Crippen LogP contribution in [0.4, 0.5) is 0 Å². The molecular weight excluding hydrogens is 208 g/mol. The molecule has 15 heavy (non-hydrogen) atoms. The van der Waals surface area contributed by atoms with Gasteiger partial charge in [0.2, 0.25) is 0 Å². The van der Waals surface area contributed by atoms with Gasteiger partial charge in [-0.1, -0.05) is 11.8 Å². The van der Waals surface area contributed by atoms with E-state index in [2.05, 4.69) is 15.0 Å². The van der Waals surface area contributed by atoms with Gasteiger partial charge in [-0.2, -0.15) is 5.26 Å². The highest BCUT2D eigenvalue weighted by Gasteiger charge is 1.99. The van der Waals surface area contributed by atoms with E-state index in [0.717, 1.165) is 16.5 Å². The quantitative estimate of drug-likeness (QED) is 0.796. The second-order valence-corrected chi connectivity index (χ2v) is 3.81. The average molecular weight is 216 g/mol. The minimum atomic E-state index is 0.451. The van der Waals surface area contributed by atoms with Gasteiger partial charge in [-0.15, -0.1) is 0 Å². The number of rotatable bonds is 3. The lowest BCUT2D eigenvalue weighted by Crippen LogP contribution is -1.86. The van der Waals surface area contributed by atoms with Crippen LogP contribution in [0.3, 0.4) is 0 Å². The molecule has 0 aliphatic heterocycles. The standard InChI is InChI=1S/C10H8N4S/c11-6-9-5-8(1-2-12-9)7-15-10-13-3-4-14-10/h1-5H,7H2,(H,13,14). The van der Waals surface area contributed by atoms with Gasteiger partial charge in [0.25, 0.3) is 0 Å². The summed E-state index contributed by atoms with van der Waals surface area (Å²) in [6.07, 6.45) is 5.15. The summed E-state index contributed by atoms with van der Waals surface area (Å²) in [7, 11) is 0. The molecule has 74 valence electrons. The Labute approximate surface area is 91.4 Å². The number of nitrogens with one attached hydrogen (secondary N) is 1. The molecule has 2 aromatic heterocycles. The van der Waals surface area contributed by atoms with Crippen molar-refractivity contribution in [1.82, 2.24) is 15.0 Å². The van der Waals surface area contributed by atoms with E-state index >= 15 is 0 Å². The lowest BCUT2D eigenvalue weighted by molar-refractivity contribution is 1.06. The van der Waals surface area contributed by atoms with Crippen molar-refractivity contribution in [2.75, 3.05) is 0 Å². The predicted octanol–water partition coefficient (Wildman–Crippen LogP) is 1.97.